The Morgan fingerprint density at radius 1 is 1.41 bits per heavy atom. The van der Waals surface area contributed by atoms with Gasteiger partial charge in [0.1, 0.15) is 0 Å². The van der Waals surface area contributed by atoms with Gasteiger partial charge in [-0.3, -0.25) is 4.79 Å². The van der Waals surface area contributed by atoms with E-state index in [-0.39, 0.29) is 23.9 Å². The molecule has 3 rings (SSSR count). The number of hydrogen-bond donors (Lipinski definition) is 2. The van der Waals surface area contributed by atoms with E-state index in [0.717, 1.165) is 36.8 Å². The van der Waals surface area contributed by atoms with Crippen molar-refractivity contribution in [3.63, 3.8) is 0 Å². The zero-order chi connectivity index (χ0) is 14.7. The Hall–Kier alpha value is -0.580. The molecule has 2 aliphatic rings. The van der Waals surface area contributed by atoms with Gasteiger partial charge in [-0.25, -0.2) is 0 Å². The number of halogens is 2. The molecule has 1 amide bonds. The predicted octanol–water partition coefficient (Wildman–Crippen LogP) is 3.76. The van der Waals surface area contributed by atoms with Crippen molar-refractivity contribution in [2.24, 2.45) is 5.92 Å². The Balaban J connectivity index is 0.00000176. The lowest BCUT2D eigenvalue weighted by molar-refractivity contribution is -0.124. The van der Waals surface area contributed by atoms with Crippen molar-refractivity contribution in [2.45, 2.75) is 44.1 Å². The van der Waals surface area contributed by atoms with E-state index in [4.69, 9.17) is 0 Å². The second-order valence-electron chi connectivity index (χ2n) is 6.39. The van der Waals surface area contributed by atoms with E-state index < -0.39 is 0 Å². The van der Waals surface area contributed by atoms with Crippen molar-refractivity contribution in [2.75, 3.05) is 13.1 Å². The first-order valence-corrected chi connectivity index (χ1v) is 8.75. The fourth-order valence-electron chi connectivity index (χ4n) is 3.43. The molecule has 122 valence electrons. The number of amides is 1. The van der Waals surface area contributed by atoms with Gasteiger partial charge in [0, 0.05) is 10.9 Å². The molecule has 3 nitrogen and oxygen atoms in total. The third-order valence-electron chi connectivity index (χ3n) is 4.91. The van der Waals surface area contributed by atoms with Gasteiger partial charge in [0.25, 0.3) is 0 Å². The molecule has 1 aliphatic heterocycles. The number of benzene rings is 1. The largest absolute Gasteiger partial charge is 0.347 e. The average molecular weight is 388 g/mol. The maximum Gasteiger partial charge on any atom is 0.220 e. The van der Waals surface area contributed by atoms with Gasteiger partial charge in [0.05, 0.1) is 5.54 Å². The normalized spacial score (nSPS) is 22.5. The molecule has 0 aromatic heterocycles. The topological polar surface area (TPSA) is 41.1 Å². The lowest BCUT2D eigenvalue weighted by Gasteiger charge is -2.43. The summed E-state index contributed by atoms with van der Waals surface area (Å²) in [5, 5.41) is 6.68. The number of carbonyl (C=O) groups excluding carboxylic acids is 1. The van der Waals surface area contributed by atoms with Crippen molar-refractivity contribution in [3.8, 4) is 0 Å². The quantitative estimate of drug-likeness (QED) is 0.808. The minimum atomic E-state index is -0.116. The molecule has 0 spiro atoms. The van der Waals surface area contributed by atoms with Crippen LogP contribution >= 0.6 is 28.3 Å². The van der Waals surface area contributed by atoms with Crippen LogP contribution in [0.25, 0.3) is 0 Å². The molecule has 1 saturated carbocycles. The molecule has 22 heavy (non-hydrogen) atoms. The van der Waals surface area contributed by atoms with E-state index in [0.29, 0.717) is 12.3 Å². The molecule has 1 saturated heterocycles. The van der Waals surface area contributed by atoms with Crippen LogP contribution in [0.4, 0.5) is 0 Å². The number of rotatable bonds is 5. The van der Waals surface area contributed by atoms with Crippen LogP contribution in [0.15, 0.2) is 28.7 Å². The smallest absolute Gasteiger partial charge is 0.220 e. The Morgan fingerprint density at radius 3 is 2.82 bits per heavy atom. The van der Waals surface area contributed by atoms with Gasteiger partial charge in [-0.05, 0) is 68.8 Å². The van der Waals surface area contributed by atoms with Crippen molar-refractivity contribution >= 4 is 34.2 Å². The first kappa shape index (κ1) is 17.8. The number of carbonyl (C=O) groups is 1. The Morgan fingerprint density at radius 2 is 2.23 bits per heavy atom. The summed E-state index contributed by atoms with van der Waals surface area (Å²) in [5.41, 5.74) is 1.12. The highest BCUT2D eigenvalue weighted by atomic mass is 79.9. The standard InChI is InChI=1S/C17H23BrN2O.ClH/c18-15-4-1-3-14(11-15)17(8-2-9-17)20-16(21)6-5-13-7-10-19-12-13;/h1,3-4,11,13,19H,2,5-10,12H2,(H,20,21);1H. The van der Waals surface area contributed by atoms with Crippen molar-refractivity contribution in [3.05, 3.63) is 34.3 Å². The zero-order valence-corrected chi connectivity index (χ0v) is 15.1. The molecule has 1 atom stereocenters. The summed E-state index contributed by atoms with van der Waals surface area (Å²) in [7, 11) is 0. The summed E-state index contributed by atoms with van der Waals surface area (Å²) in [6.45, 7) is 2.18. The number of hydrogen-bond acceptors (Lipinski definition) is 2. The summed E-state index contributed by atoms with van der Waals surface area (Å²) >= 11 is 3.53. The molecule has 1 aliphatic carbocycles. The third kappa shape index (κ3) is 4.03. The van der Waals surface area contributed by atoms with Crippen LogP contribution < -0.4 is 10.6 Å². The van der Waals surface area contributed by atoms with Crippen LogP contribution in [-0.2, 0) is 10.3 Å². The fourth-order valence-corrected chi connectivity index (χ4v) is 3.83. The van der Waals surface area contributed by atoms with Gasteiger partial charge in [-0.15, -0.1) is 12.4 Å². The first-order valence-electron chi connectivity index (χ1n) is 7.96. The predicted molar refractivity (Wildman–Crippen MR) is 95.3 cm³/mol. The van der Waals surface area contributed by atoms with Gasteiger partial charge in [-0.2, -0.15) is 0 Å². The summed E-state index contributed by atoms with van der Waals surface area (Å²) in [4.78, 5) is 12.3. The molecule has 0 radical (unpaired) electrons. The van der Waals surface area contributed by atoms with E-state index in [1.54, 1.807) is 0 Å². The molecule has 1 aromatic rings. The summed E-state index contributed by atoms with van der Waals surface area (Å²) in [6, 6.07) is 8.35. The molecule has 0 bridgehead atoms. The molecule has 5 heteroatoms. The van der Waals surface area contributed by atoms with E-state index >= 15 is 0 Å². The van der Waals surface area contributed by atoms with Crippen molar-refractivity contribution < 1.29 is 4.79 Å². The zero-order valence-electron chi connectivity index (χ0n) is 12.7. The van der Waals surface area contributed by atoms with E-state index in [1.807, 2.05) is 6.07 Å². The molecule has 2 N–H and O–H groups in total. The van der Waals surface area contributed by atoms with Crippen molar-refractivity contribution in [1.29, 1.82) is 0 Å². The monoisotopic (exact) mass is 386 g/mol. The van der Waals surface area contributed by atoms with Crippen LogP contribution in [-0.4, -0.2) is 19.0 Å². The Labute approximate surface area is 147 Å². The van der Waals surface area contributed by atoms with E-state index in [2.05, 4.69) is 44.8 Å². The Bertz CT molecular complexity index is 513. The molecule has 1 heterocycles. The van der Waals surface area contributed by atoms with Crippen LogP contribution in [0.3, 0.4) is 0 Å². The highest BCUT2D eigenvalue weighted by Gasteiger charge is 2.39. The fraction of sp³-hybridized carbons (Fsp3) is 0.588. The SMILES string of the molecule is Cl.O=C(CCC1CCNC1)NC1(c2cccc(Br)c2)CCC1. The molecule has 1 aromatic carbocycles. The highest BCUT2D eigenvalue weighted by Crippen LogP contribution is 2.42. The Kier molecular flexibility index (Phi) is 6.30. The van der Waals surface area contributed by atoms with Gasteiger partial charge in [-0.1, -0.05) is 28.1 Å². The minimum Gasteiger partial charge on any atom is -0.347 e. The van der Waals surface area contributed by atoms with Crippen molar-refractivity contribution in [1.82, 2.24) is 10.6 Å². The second kappa shape index (κ2) is 7.80. The maximum atomic E-state index is 12.3. The van der Waals surface area contributed by atoms with E-state index in [1.165, 1.54) is 18.4 Å². The minimum absolute atomic E-state index is 0. The average Bonchev–Trinajstić information content (AvgIpc) is 2.94. The maximum absolute atomic E-state index is 12.3. The summed E-state index contributed by atoms with van der Waals surface area (Å²) < 4.78 is 1.08. The molecular formula is C17H24BrClN2O. The lowest BCUT2D eigenvalue weighted by Crippen LogP contribution is -2.50. The number of nitrogens with one attached hydrogen (secondary N) is 2. The molecule has 2 fully saturated rings. The molecular weight excluding hydrogens is 364 g/mol. The van der Waals surface area contributed by atoms with Crippen LogP contribution in [0, 0.1) is 5.92 Å². The first-order chi connectivity index (χ1) is 10.2. The summed E-state index contributed by atoms with van der Waals surface area (Å²) in [6.07, 6.45) is 6.18. The van der Waals surface area contributed by atoms with E-state index in [9.17, 15) is 4.79 Å². The van der Waals surface area contributed by atoms with Gasteiger partial charge < -0.3 is 10.6 Å². The highest BCUT2D eigenvalue weighted by molar-refractivity contribution is 9.10. The van der Waals surface area contributed by atoms with Gasteiger partial charge in [0.15, 0.2) is 0 Å². The van der Waals surface area contributed by atoms with Crippen LogP contribution in [0.2, 0.25) is 0 Å². The second-order valence-corrected chi connectivity index (χ2v) is 7.31. The van der Waals surface area contributed by atoms with Gasteiger partial charge in [0.2, 0.25) is 5.91 Å². The summed E-state index contributed by atoms with van der Waals surface area (Å²) in [5.74, 6) is 0.889. The third-order valence-corrected chi connectivity index (χ3v) is 5.40. The molecule has 1 unspecified atom stereocenters. The van der Waals surface area contributed by atoms with Gasteiger partial charge >= 0.3 is 0 Å². The van der Waals surface area contributed by atoms with Crippen LogP contribution in [0.5, 0.6) is 0 Å². The lowest BCUT2D eigenvalue weighted by atomic mass is 9.71. The van der Waals surface area contributed by atoms with Crippen LogP contribution in [0.1, 0.15) is 44.1 Å².